The third-order valence-corrected chi connectivity index (χ3v) is 5.42. The van der Waals surface area contributed by atoms with Crippen LogP contribution in [0.4, 0.5) is 4.79 Å². The van der Waals surface area contributed by atoms with Crippen LogP contribution in [0, 0.1) is 5.41 Å². The van der Waals surface area contributed by atoms with E-state index in [0.29, 0.717) is 26.1 Å². The highest BCUT2D eigenvalue weighted by Gasteiger charge is 2.45. The summed E-state index contributed by atoms with van der Waals surface area (Å²) in [5.74, 6) is 0.0965. The second-order valence-electron chi connectivity index (χ2n) is 8.04. The van der Waals surface area contributed by atoms with Gasteiger partial charge in [0.15, 0.2) is 0 Å². The van der Waals surface area contributed by atoms with Crippen LogP contribution < -0.4 is 10.6 Å². The van der Waals surface area contributed by atoms with E-state index in [1.54, 1.807) is 0 Å². The number of likely N-dealkylation sites (tertiary alicyclic amines) is 1. The zero-order valence-corrected chi connectivity index (χ0v) is 15.3. The molecule has 0 radical (unpaired) electrons. The predicted molar refractivity (Wildman–Crippen MR) is 99.0 cm³/mol. The van der Waals surface area contributed by atoms with Crippen molar-refractivity contribution < 1.29 is 9.59 Å². The molecule has 1 unspecified atom stereocenters. The highest BCUT2D eigenvalue weighted by Crippen LogP contribution is 2.36. The van der Waals surface area contributed by atoms with Gasteiger partial charge in [-0.3, -0.25) is 4.79 Å². The molecule has 2 N–H and O–H groups in total. The maximum absolute atomic E-state index is 12.8. The normalized spacial score (nSPS) is 23.0. The molecule has 0 aromatic heterocycles. The first-order valence-electron chi connectivity index (χ1n) is 8.81. The van der Waals surface area contributed by atoms with Gasteiger partial charge in [-0.1, -0.05) is 30.4 Å². The molecule has 5 heteroatoms. The van der Waals surface area contributed by atoms with Crippen LogP contribution in [0.3, 0.4) is 0 Å². The molecule has 0 saturated carbocycles. The van der Waals surface area contributed by atoms with E-state index in [2.05, 4.69) is 23.3 Å². The summed E-state index contributed by atoms with van der Waals surface area (Å²) >= 11 is 0. The summed E-state index contributed by atoms with van der Waals surface area (Å²) in [5, 5.41) is 6.05. The topological polar surface area (TPSA) is 61.4 Å². The Kier molecular flexibility index (Phi) is 4.35. The standard InChI is InChI=1S/C20H27N3O2/c1-14(2)15-6-5-7-16(10-15)19(3,4)22-18(25)23-9-8-20(13-23)11-17(24)21-12-20/h5-7,10H,1,8-9,11-13H2,2-4H3,(H,21,24)(H,22,25). The molecule has 2 heterocycles. The van der Waals surface area contributed by atoms with Crippen LogP contribution >= 0.6 is 0 Å². The van der Waals surface area contributed by atoms with E-state index in [9.17, 15) is 9.59 Å². The summed E-state index contributed by atoms with van der Waals surface area (Å²) < 4.78 is 0. The number of hydrogen-bond donors (Lipinski definition) is 2. The number of carbonyl (C=O) groups excluding carboxylic acids is 2. The third-order valence-electron chi connectivity index (χ3n) is 5.42. The summed E-state index contributed by atoms with van der Waals surface area (Å²) in [6.45, 7) is 12.0. The lowest BCUT2D eigenvalue weighted by Crippen LogP contribution is -2.48. The van der Waals surface area contributed by atoms with Gasteiger partial charge < -0.3 is 15.5 Å². The Morgan fingerprint density at radius 2 is 2.16 bits per heavy atom. The van der Waals surface area contributed by atoms with Crippen molar-refractivity contribution in [1.82, 2.24) is 15.5 Å². The van der Waals surface area contributed by atoms with Gasteiger partial charge in [-0.05, 0) is 44.4 Å². The number of nitrogens with one attached hydrogen (secondary N) is 2. The van der Waals surface area contributed by atoms with Gasteiger partial charge in [-0.15, -0.1) is 0 Å². The molecule has 3 amide bonds. The quantitative estimate of drug-likeness (QED) is 0.888. The second-order valence-corrected chi connectivity index (χ2v) is 8.04. The summed E-state index contributed by atoms with van der Waals surface area (Å²) in [7, 11) is 0. The smallest absolute Gasteiger partial charge is 0.318 e. The number of amides is 3. The Morgan fingerprint density at radius 1 is 1.40 bits per heavy atom. The lowest BCUT2D eigenvalue weighted by molar-refractivity contribution is -0.119. The number of allylic oxidation sites excluding steroid dienone is 1. The first-order chi connectivity index (χ1) is 11.7. The monoisotopic (exact) mass is 341 g/mol. The second kappa shape index (κ2) is 6.21. The van der Waals surface area contributed by atoms with Crippen LogP contribution in [0.5, 0.6) is 0 Å². The summed E-state index contributed by atoms with van der Waals surface area (Å²) in [4.78, 5) is 26.1. The van der Waals surface area contributed by atoms with Gasteiger partial charge in [0.1, 0.15) is 0 Å². The maximum Gasteiger partial charge on any atom is 0.318 e. The highest BCUT2D eigenvalue weighted by molar-refractivity contribution is 5.80. The lowest BCUT2D eigenvalue weighted by atomic mass is 9.86. The number of carbonyl (C=O) groups is 2. The van der Waals surface area contributed by atoms with Crippen LogP contribution in [0.15, 0.2) is 30.8 Å². The minimum atomic E-state index is -0.484. The lowest BCUT2D eigenvalue weighted by Gasteiger charge is -2.31. The van der Waals surface area contributed by atoms with Gasteiger partial charge in [0.2, 0.25) is 5.91 Å². The van der Waals surface area contributed by atoms with E-state index in [4.69, 9.17) is 0 Å². The number of hydrogen-bond acceptors (Lipinski definition) is 2. The van der Waals surface area contributed by atoms with Gasteiger partial charge in [-0.2, -0.15) is 0 Å². The van der Waals surface area contributed by atoms with Gasteiger partial charge in [0, 0.05) is 31.5 Å². The van der Waals surface area contributed by atoms with Crippen LogP contribution in [0.2, 0.25) is 0 Å². The van der Waals surface area contributed by atoms with E-state index in [1.807, 2.05) is 43.9 Å². The maximum atomic E-state index is 12.8. The van der Waals surface area contributed by atoms with Crippen molar-refractivity contribution in [3.63, 3.8) is 0 Å². The highest BCUT2D eigenvalue weighted by atomic mass is 16.2. The van der Waals surface area contributed by atoms with Crippen molar-refractivity contribution in [2.75, 3.05) is 19.6 Å². The first-order valence-corrected chi connectivity index (χ1v) is 8.81. The molecule has 134 valence electrons. The molecule has 2 fully saturated rings. The van der Waals surface area contributed by atoms with E-state index < -0.39 is 5.54 Å². The van der Waals surface area contributed by atoms with E-state index >= 15 is 0 Å². The van der Waals surface area contributed by atoms with Crippen LogP contribution in [-0.4, -0.2) is 36.5 Å². The molecule has 2 aliphatic heterocycles. The van der Waals surface area contributed by atoms with Gasteiger partial charge in [0.05, 0.1) is 5.54 Å². The molecule has 1 atom stereocenters. The van der Waals surface area contributed by atoms with Gasteiger partial charge in [-0.25, -0.2) is 4.79 Å². The van der Waals surface area contributed by atoms with Crippen molar-refractivity contribution in [1.29, 1.82) is 0 Å². The van der Waals surface area contributed by atoms with Gasteiger partial charge in [0.25, 0.3) is 0 Å². The van der Waals surface area contributed by atoms with E-state index in [0.717, 1.165) is 23.1 Å². The van der Waals surface area contributed by atoms with Crippen molar-refractivity contribution in [3.05, 3.63) is 42.0 Å². The Labute approximate surface area is 149 Å². The molecule has 1 aromatic rings. The minimum Gasteiger partial charge on any atom is -0.355 e. The van der Waals surface area contributed by atoms with E-state index in [1.165, 1.54) is 0 Å². The molecule has 0 aliphatic carbocycles. The molecule has 2 saturated heterocycles. The van der Waals surface area contributed by atoms with Crippen LogP contribution in [0.25, 0.3) is 5.57 Å². The Hall–Kier alpha value is -2.30. The SMILES string of the molecule is C=C(C)c1cccc(C(C)(C)NC(=O)N2CCC3(CNC(=O)C3)C2)c1. The van der Waals surface area contributed by atoms with Crippen LogP contribution in [-0.2, 0) is 10.3 Å². The van der Waals surface area contributed by atoms with Crippen molar-refractivity contribution in [2.24, 2.45) is 5.41 Å². The Morgan fingerprint density at radius 3 is 2.80 bits per heavy atom. The Balaban J connectivity index is 1.69. The fourth-order valence-electron chi connectivity index (χ4n) is 3.74. The largest absolute Gasteiger partial charge is 0.355 e. The molecular formula is C20H27N3O2. The molecule has 25 heavy (non-hydrogen) atoms. The number of rotatable bonds is 3. The molecule has 5 nitrogen and oxygen atoms in total. The van der Waals surface area contributed by atoms with Crippen molar-refractivity contribution in [3.8, 4) is 0 Å². The number of nitrogens with zero attached hydrogens (tertiary/aromatic N) is 1. The first kappa shape index (κ1) is 17.5. The number of benzene rings is 1. The Bertz CT molecular complexity index is 725. The molecule has 1 spiro atoms. The summed E-state index contributed by atoms with van der Waals surface area (Å²) in [6.07, 6.45) is 1.41. The summed E-state index contributed by atoms with van der Waals surface area (Å²) in [6, 6.07) is 8.05. The predicted octanol–water partition coefficient (Wildman–Crippen LogP) is 2.88. The van der Waals surface area contributed by atoms with E-state index in [-0.39, 0.29) is 17.4 Å². The molecule has 2 aliphatic rings. The van der Waals surface area contributed by atoms with Crippen molar-refractivity contribution in [2.45, 2.75) is 39.2 Å². The fourth-order valence-corrected chi connectivity index (χ4v) is 3.74. The average molecular weight is 341 g/mol. The number of urea groups is 1. The minimum absolute atomic E-state index is 0.0676. The molecule has 3 rings (SSSR count). The molecule has 1 aromatic carbocycles. The zero-order valence-electron chi connectivity index (χ0n) is 15.3. The average Bonchev–Trinajstić information content (AvgIpc) is 3.13. The van der Waals surface area contributed by atoms with Crippen LogP contribution in [0.1, 0.15) is 44.7 Å². The third kappa shape index (κ3) is 3.55. The summed E-state index contributed by atoms with van der Waals surface area (Å²) in [5.41, 5.74) is 2.58. The molecule has 0 bridgehead atoms. The zero-order chi connectivity index (χ0) is 18.2. The molecular weight excluding hydrogens is 314 g/mol. The van der Waals surface area contributed by atoms with Gasteiger partial charge >= 0.3 is 6.03 Å². The fraction of sp³-hybridized carbons (Fsp3) is 0.500. The van der Waals surface area contributed by atoms with Crippen molar-refractivity contribution >= 4 is 17.5 Å².